The van der Waals surface area contributed by atoms with Crippen LogP contribution >= 0.6 is 0 Å². The molecule has 0 saturated carbocycles. The van der Waals surface area contributed by atoms with Gasteiger partial charge in [0.15, 0.2) is 0 Å². The number of carboxylic acids is 2. The summed E-state index contributed by atoms with van der Waals surface area (Å²) in [5.74, 6) is -2.35. The van der Waals surface area contributed by atoms with E-state index in [1.807, 2.05) is 19.0 Å². The van der Waals surface area contributed by atoms with Crippen molar-refractivity contribution in [1.82, 2.24) is 9.80 Å². The molecule has 11 heteroatoms. The van der Waals surface area contributed by atoms with Gasteiger partial charge in [-0.2, -0.15) is 0 Å². The number of non-ortho nitro benzene ring substituents is 1. The zero-order valence-corrected chi connectivity index (χ0v) is 16.3. The highest BCUT2D eigenvalue weighted by Gasteiger charge is 2.28. The lowest BCUT2D eigenvalue weighted by Crippen LogP contribution is -2.35. The average Bonchev–Trinajstić information content (AvgIpc) is 2.75. The van der Waals surface area contributed by atoms with Crippen molar-refractivity contribution in [3.05, 3.63) is 46.0 Å². The SMILES string of the molecule is CN(C)CCC1CN(C)C(=O)c2cc([N+](=O)[O-])ccc2O1.O=C(O)C=CC(=O)O. The average molecular weight is 409 g/mol. The maximum absolute atomic E-state index is 12.3. The molecule has 1 amide bonds. The lowest BCUT2D eigenvalue weighted by atomic mass is 10.1. The summed E-state index contributed by atoms with van der Waals surface area (Å²) in [7, 11) is 5.63. The molecular formula is C18H23N3O8. The van der Waals surface area contributed by atoms with Gasteiger partial charge in [0.1, 0.15) is 11.9 Å². The van der Waals surface area contributed by atoms with Crippen LogP contribution in [-0.4, -0.2) is 83.1 Å². The highest BCUT2D eigenvalue weighted by Crippen LogP contribution is 2.29. The number of nitrogens with zero attached hydrogens (tertiary/aromatic N) is 3. The Balaban J connectivity index is 0.000000447. The molecule has 1 unspecified atom stereocenters. The second kappa shape index (κ2) is 10.8. The number of fused-ring (bicyclic) bond motifs is 1. The number of hydrogen-bond acceptors (Lipinski definition) is 7. The molecule has 1 aromatic carbocycles. The number of nitro benzene ring substituents is 1. The van der Waals surface area contributed by atoms with Gasteiger partial charge in [0.25, 0.3) is 11.6 Å². The molecule has 29 heavy (non-hydrogen) atoms. The zero-order valence-electron chi connectivity index (χ0n) is 16.3. The molecule has 1 atom stereocenters. The molecule has 2 N–H and O–H groups in total. The third-order valence-electron chi connectivity index (χ3n) is 3.79. The first-order valence-electron chi connectivity index (χ1n) is 8.50. The van der Waals surface area contributed by atoms with Crippen molar-refractivity contribution in [2.75, 3.05) is 34.2 Å². The van der Waals surface area contributed by atoms with Crippen LogP contribution in [0.15, 0.2) is 30.4 Å². The number of carboxylic acid groups (broad SMARTS) is 2. The number of carbonyl (C=O) groups is 3. The van der Waals surface area contributed by atoms with Crippen LogP contribution in [0.25, 0.3) is 0 Å². The van der Waals surface area contributed by atoms with Gasteiger partial charge in [0.05, 0.1) is 17.0 Å². The van der Waals surface area contributed by atoms with Crippen molar-refractivity contribution in [3.63, 3.8) is 0 Å². The Morgan fingerprint density at radius 1 is 1.31 bits per heavy atom. The summed E-state index contributed by atoms with van der Waals surface area (Å²) in [4.78, 5) is 45.3. The number of hydrogen-bond donors (Lipinski definition) is 2. The van der Waals surface area contributed by atoms with Crippen LogP contribution in [-0.2, 0) is 9.59 Å². The van der Waals surface area contributed by atoms with Crippen molar-refractivity contribution in [2.45, 2.75) is 12.5 Å². The van der Waals surface area contributed by atoms with Crippen LogP contribution in [0.2, 0.25) is 0 Å². The van der Waals surface area contributed by atoms with E-state index in [0.717, 1.165) is 13.0 Å². The van der Waals surface area contributed by atoms with E-state index < -0.39 is 16.9 Å². The van der Waals surface area contributed by atoms with E-state index in [1.54, 1.807) is 11.9 Å². The van der Waals surface area contributed by atoms with Crippen molar-refractivity contribution >= 4 is 23.5 Å². The Hall–Kier alpha value is -3.47. The molecule has 0 spiro atoms. The first kappa shape index (κ1) is 23.6. The molecule has 2 rings (SSSR count). The smallest absolute Gasteiger partial charge is 0.328 e. The summed E-state index contributed by atoms with van der Waals surface area (Å²) in [5.41, 5.74) is 0.143. The maximum atomic E-state index is 12.3. The molecular weight excluding hydrogens is 386 g/mol. The molecule has 1 aliphatic rings. The molecule has 11 nitrogen and oxygen atoms in total. The van der Waals surface area contributed by atoms with Crippen molar-refractivity contribution < 1.29 is 34.3 Å². The van der Waals surface area contributed by atoms with Gasteiger partial charge < -0.3 is 24.7 Å². The highest BCUT2D eigenvalue weighted by atomic mass is 16.6. The normalized spacial score (nSPS) is 15.8. The number of aliphatic carboxylic acids is 2. The Morgan fingerprint density at radius 2 is 1.90 bits per heavy atom. The summed E-state index contributed by atoms with van der Waals surface area (Å²) in [5, 5.41) is 26.5. The summed E-state index contributed by atoms with van der Waals surface area (Å²) >= 11 is 0. The van der Waals surface area contributed by atoms with Gasteiger partial charge in [-0.3, -0.25) is 14.9 Å². The fourth-order valence-electron chi connectivity index (χ4n) is 2.41. The molecule has 1 heterocycles. The molecule has 0 saturated heterocycles. The summed E-state index contributed by atoms with van der Waals surface area (Å²) in [6, 6.07) is 4.15. The van der Waals surface area contributed by atoms with Crippen LogP contribution in [0.4, 0.5) is 5.69 Å². The first-order chi connectivity index (χ1) is 13.5. The standard InChI is InChI=1S/C14H19N3O4.C4H4O4/c1-15(2)7-6-11-9-16(3)14(18)12-8-10(17(19)20)4-5-13(12)21-11;5-3(6)1-2-4(7)8/h4-5,8,11H,6-7,9H2,1-3H3;1-2H,(H,5,6)(H,7,8). The quantitative estimate of drug-likeness (QED) is 0.400. The zero-order chi connectivity index (χ0) is 22.1. The second-order valence-corrected chi connectivity index (χ2v) is 6.46. The van der Waals surface area contributed by atoms with Gasteiger partial charge in [0, 0.05) is 37.9 Å². The Labute approximate surface area is 166 Å². The van der Waals surface area contributed by atoms with Crippen molar-refractivity contribution in [1.29, 1.82) is 0 Å². The highest BCUT2D eigenvalue weighted by molar-refractivity contribution is 5.97. The molecule has 1 aromatic rings. The lowest BCUT2D eigenvalue weighted by molar-refractivity contribution is -0.384. The largest absolute Gasteiger partial charge is 0.488 e. The number of rotatable bonds is 6. The van der Waals surface area contributed by atoms with Crippen LogP contribution in [0.3, 0.4) is 0 Å². The third-order valence-corrected chi connectivity index (χ3v) is 3.79. The Bertz CT molecular complexity index is 790. The number of ether oxygens (including phenoxy) is 1. The van der Waals surface area contributed by atoms with E-state index in [-0.39, 0.29) is 23.3 Å². The third kappa shape index (κ3) is 7.97. The van der Waals surface area contributed by atoms with Gasteiger partial charge >= 0.3 is 11.9 Å². The van der Waals surface area contributed by atoms with E-state index in [1.165, 1.54) is 18.2 Å². The van der Waals surface area contributed by atoms with Crippen LogP contribution < -0.4 is 4.74 Å². The molecule has 1 aliphatic heterocycles. The Kier molecular flexibility index (Phi) is 8.74. The van der Waals surface area contributed by atoms with E-state index in [9.17, 15) is 24.5 Å². The topological polar surface area (TPSA) is 151 Å². The summed E-state index contributed by atoms with van der Waals surface area (Å²) in [6.07, 6.45) is 1.77. The number of benzene rings is 1. The fraction of sp³-hybridized carbons (Fsp3) is 0.389. The van der Waals surface area contributed by atoms with Gasteiger partial charge in [-0.1, -0.05) is 0 Å². The molecule has 0 bridgehead atoms. The van der Waals surface area contributed by atoms with Crippen molar-refractivity contribution in [3.8, 4) is 5.75 Å². The number of amides is 1. The van der Waals surface area contributed by atoms with Gasteiger partial charge in [-0.15, -0.1) is 0 Å². The molecule has 0 aromatic heterocycles. The summed E-state index contributed by atoms with van der Waals surface area (Å²) in [6.45, 7) is 1.31. The van der Waals surface area contributed by atoms with Crippen LogP contribution in [0.5, 0.6) is 5.75 Å². The summed E-state index contributed by atoms with van der Waals surface area (Å²) < 4.78 is 5.87. The van der Waals surface area contributed by atoms with Gasteiger partial charge in [-0.05, 0) is 26.6 Å². The predicted molar refractivity (Wildman–Crippen MR) is 102 cm³/mol. The molecule has 158 valence electrons. The Morgan fingerprint density at radius 3 is 2.38 bits per heavy atom. The van der Waals surface area contributed by atoms with Crippen LogP contribution in [0, 0.1) is 10.1 Å². The molecule has 0 fully saturated rings. The van der Waals surface area contributed by atoms with Crippen LogP contribution in [0.1, 0.15) is 16.8 Å². The monoisotopic (exact) mass is 409 g/mol. The van der Waals surface area contributed by atoms with E-state index >= 15 is 0 Å². The lowest BCUT2D eigenvalue weighted by Gasteiger charge is -2.22. The minimum Gasteiger partial charge on any atom is -0.488 e. The first-order valence-corrected chi connectivity index (χ1v) is 8.50. The molecule has 0 radical (unpaired) electrons. The van der Waals surface area contributed by atoms with E-state index in [4.69, 9.17) is 14.9 Å². The minimum absolute atomic E-state index is 0.106. The molecule has 0 aliphatic carbocycles. The maximum Gasteiger partial charge on any atom is 0.328 e. The number of likely N-dealkylation sites (N-methyl/N-ethyl adjacent to an activating group) is 1. The second-order valence-electron chi connectivity index (χ2n) is 6.46. The van der Waals surface area contributed by atoms with Gasteiger partial charge in [-0.25, -0.2) is 9.59 Å². The predicted octanol–water partition coefficient (Wildman–Crippen LogP) is 1.09. The van der Waals surface area contributed by atoms with Gasteiger partial charge in [0.2, 0.25) is 0 Å². The van der Waals surface area contributed by atoms with Crippen molar-refractivity contribution in [2.24, 2.45) is 0 Å². The van der Waals surface area contributed by atoms with E-state index in [2.05, 4.69) is 0 Å². The number of carbonyl (C=O) groups excluding carboxylic acids is 1. The minimum atomic E-state index is -1.26. The fourth-order valence-corrected chi connectivity index (χ4v) is 2.41. The van der Waals surface area contributed by atoms with E-state index in [0.29, 0.717) is 24.4 Å². The number of nitro groups is 1.